The monoisotopic (exact) mass is 200 g/mol. The summed E-state index contributed by atoms with van der Waals surface area (Å²) >= 11 is 5.46. The van der Waals surface area contributed by atoms with Gasteiger partial charge in [-0.1, -0.05) is 18.2 Å². The molecule has 0 spiro atoms. The van der Waals surface area contributed by atoms with Gasteiger partial charge in [0.25, 0.3) is 5.91 Å². The molecule has 13 heavy (non-hydrogen) atoms. The fraction of sp³-hybridized carbons (Fsp3) is 0.286. The van der Waals surface area contributed by atoms with Crippen LogP contribution in [0, 0.1) is 6.92 Å². The van der Waals surface area contributed by atoms with E-state index in [-0.39, 0.29) is 18.3 Å². The molecular weight excluding hydrogens is 192 g/mol. The van der Waals surface area contributed by atoms with Gasteiger partial charge in [0.2, 0.25) is 5.82 Å². The van der Waals surface area contributed by atoms with Crippen molar-refractivity contribution in [2.75, 3.05) is 6.54 Å². The highest BCUT2D eigenvalue weighted by Gasteiger charge is 2.09. The van der Waals surface area contributed by atoms with Crippen molar-refractivity contribution < 1.29 is 4.79 Å². The van der Waals surface area contributed by atoms with E-state index in [1.54, 1.807) is 6.92 Å². The molecule has 1 rings (SSSR count). The Labute approximate surface area is 80.2 Å². The summed E-state index contributed by atoms with van der Waals surface area (Å²) in [6.07, 6.45) is 0. The van der Waals surface area contributed by atoms with Crippen LogP contribution in [0.2, 0.25) is 0 Å². The molecule has 0 saturated heterocycles. The minimum absolute atomic E-state index is 0.107. The Balaban J connectivity index is 2.54. The molecule has 1 heterocycles. The Morgan fingerprint density at radius 2 is 2.46 bits per heavy atom. The summed E-state index contributed by atoms with van der Waals surface area (Å²) in [7, 11) is 0. The Bertz CT molecular complexity index is 333. The summed E-state index contributed by atoms with van der Waals surface area (Å²) in [6.45, 7) is 5.36. The van der Waals surface area contributed by atoms with Crippen LogP contribution >= 0.6 is 11.6 Å². The normalized spacial score (nSPS) is 9.69. The first kappa shape index (κ1) is 9.73. The zero-order chi connectivity index (χ0) is 9.84. The minimum Gasteiger partial charge on any atom is -0.344 e. The van der Waals surface area contributed by atoms with E-state index in [1.165, 1.54) is 0 Å². The van der Waals surface area contributed by atoms with Gasteiger partial charge in [-0.05, 0) is 6.92 Å². The molecule has 5 nitrogen and oxygen atoms in total. The van der Waals surface area contributed by atoms with Crippen LogP contribution in [0.3, 0.4) is 0 Å². The lowest BCUT2D eigenvalue weighted by atomic mass is 10.5. The molecule has 0 aliphatic heterocycles. The van der Waals surface area contributed by atoms with Crippen molar-refractivity contribution in [2.45, 2.75) is 6.92 Å². The molecule has 1 aromatic rings. The Morgan fingerprint density at radius 1 is 1.77 bits per heavy atom. The molecule has 0 fully saturated rings. The van der Waals surface area contributed by atoms with Crippen molar-refractivity contribution in [3.8, 4) is 0 Å². The van der Waals surface area contributed by atoms with E-state index in [1.807, 2.05) is 0 Å². The molecule has 0 aliphatic rings. The third-order valence-electron chi connectivity index (χ3n) is 1.24. The number of carbonyl (C=O) groups is 1. The second-order valence-corrected chi connectivity index (χ2v) is 2.98. The summed E-state index contributed by atoms with van der Waals surface area (Å²) in [4.78, 5) is 15.0. The van der Waals surface area contributed by atoms with E-state index < -0.39 is 0 Å². The molecule has 0 saturated carbocycles. The van der Waals surface area contributed by atoms with Crippen molar-refractivity contribution >= 4 is 17.5 Å². The number of aromatic nitrogens is 3. The van der Waals surface area contributed by atoms with Crippen LogP contribution in [-0.4, -0.2) is 27.6 Å². The number of rotatable bonds is 3. The van der Waals surface area contributed by atoms with Crippen LogP contribution in [0.4, 0.5) is 0 Å². The molecule has 6 heteroatoms. The SMILES string of the molecule is C=C(Cl)CNC(=O)c1n[nH]c(C)n1. The van der Waals surface area contributed by atoms with Crippen molar-refractivity contribution in [2.24, 2.45) is 0 Å². The number of halogens is 1. The lowest BCUT2D eigenvalue weighted by Crippen LogP contribution is -2.25. The maximum absolute atomic E-state index is 11.2. The molecule has 0 aliphatic carbocycles. The van der Waals surface area contributed by atoms with Gasteiger partial charge in [0.05, 0.1) is 6.54 Å². The van der Waals surface area contributed by atoms with Gasteiger partial charge in [-0.15, -0.1) is 5.10 Å². The summed E-state index contributed by atoms with van der Waals surface area (Å²) in [5.74, 6) is 0.330. The van der Waals surface area contributed by atoms with E-state index in [0.717, 1.165) is 0 Å². The van der Waals surface area contributed by atoms with Gasteiger partial charge in [0, 0.05) is 5.03 Å². The standard InChI is InChI=1S/C7H9ClN4O/c1-4(8)3-9-7(13)6-10-5(2)11-12-6/h1,3H2,2H3,(H,9,13)(H,10,11,12). The van der Waals surface area contributed by atoms with Gasteiger partial charge in [-0.2, -0.15) is 0 Å². The van der Waals surface area contributed by atoms with E-state index >= 15 is 0 Å². The maximum atomic E-state index is 11.2. The third-order valence-corrected chi connectivity index (χ3v) is 1.37. The number of nitrogens with one attached hydrogen (secondary N) is 2. The number of aryl methyl sites for hydroxylation is 1. The summed E-state index contributed by atoms with van der Waals surface area (Å²) in [5, 5.41) is 9.09. The summed E-state index contributed by atoms with van der Waals surface area (Å²) in [5.41, 5.74) is 0. The molecule has 2 N–H and O–H groups in total. The predicted molar refractivity (Wildman–Crippen MR) is 48.4 cm³/mol. The molecule has 0 radical (unpaired) electrons. The largest absolute Gasteiger partial charge is 0.344 e. The number of H-pyrrole nitrogens is 1. The van der Waals surface area contributed by atoms with E-state index in [2.05, 4.69) is 27.1 Å². The van der Waals surface area contributed by atoms with Gasteiger partial charge in [-0.25, -0.2) is 4.98 Å². The fourth-order valence-electron chi connectivity index (χ4n) is 0.699. The zero-order valence-corrected chi connectivity index (χ0v) is 7.85. The van der Waals surface area contributed by atoms with Gasteiger partial charge in [0.15, 0.2) is 0 Å². The van der Waals surface area contributed by atoms with E-state index in [4.69, 9.17) is 11.6 Å². The number of amides is 1. The van der Waals surface area contributed by atoms with Crippen molar-refractivity contribution in [1.82, 2.24) is 20.5 Å². The highest BCUT2D eigenvalue weighted by Crippen LogP contribution is 1.94. The number of hydrogen-bond acceptors (Lipinski definition) is 3. The average molecular weight is 201 g/mol. The molecular formula is C7H9ClN4O. The van der Waals surface area contributed by atoms with Crippen LogP contribution in [0.25, 0.3) is 0 Å². The first-order chi connectivity index (χ1) is 6.09. The smallest absolute Gasteiger partial charge is 0.291 e. The lowest BCUT2D eigenvalue weighted by molar-refractivity contribution is 0.0947. The first-order valence-corrected chi connectivity index (χ1v) is 3.98. The Kier molecular flexibility index (Phi) is 3.02. The summed E-state index contributed by atoms with van der Waals surface area (Å²) in [6, 6.07) is 0. The topological polar surface area (TPSA) is 70.7 Å². The molecule has 1 amide bonds. The number of aromatic amines is 1. The molecule has 0 aromatic carbocycles. The number of nitrogens with zero attached hydrogens (tertiary/aromatic N) is 2. The van der Waals surface area contributed by atoms with Crippen LogP contribution in [0.5, 0.6) is 0 Å². The van der Waals surface area contributed by atoms with Crippen LogP contribution in [0.15, 0.2) is 11.6 Å². The highest BCUT2D eigenvalue weighted by molar-refractivity contribution is 6.29. The average Bonchev–Trinajstić information content (AvgIpc) is 2.47. The Morgan fingerprint density at radius 3 is 2.92 bits per heavy atom. The first-order valence-electron chi connectivity index (χ1n) is 3.60. The molecule has 0 bridgehead atoms. The van der Waals surface area contributed by atoms with Crippen LogP contribution in [0.1, 0.15) is 16.4 Å². The quantitative estimate of drug-likeness (QED) is 0.751. The molecule has 0 atom stereocenters. The second kappa shape index (κ2) is 4.04. The fourth-order valence-corrected chi connectivity index (χ4v) is 0.766. The predicted octanol–water partition coefficient (Wildman–Crippen LogP) is 0.595. The van der Waals surface area contributed by atoms with E-state index in [9.17, 15) is 4.79 Å². The van der Waals surface area contributed by atoms with Crippen LogP contribution < -0.4 is 5.32 Å². The van der Waals surface area contributed by atoms with Gasteiger partial charge >= 0.3 is 0 Å². The summed E-state index contributed by atoms with van der Waals surface area (Å²) < 4.78 is 0. The minimum atomic E-state index is -0.369. The van der Waals surface area contributed by atoms with Crippen molar-refractivity contribution in [3.63, 3.8) is 0 Å². The highest BCUT2D eigenvalue weighted by atomic mass is 35.5. The van der Waals surface area contributed by atoms with E-state index in [0.29, 0.717) is 10.9 Å². The van der Waals surface area contributed by atoms with Crippen molar-refractivity contribution in [3.05, 3.63) is 23.3 Å². The second-order valence-electron chi connectivity index (χ2n) is 2.44. The molecule has 1 aromatic heterocycles. The zero-order valence-electron chi connectivity index (χ0n) is 7.09. The molecule has 0 unspecified atom stereocenters. The Hall–Kier alpha value is -1.36. The van der Waals surface area contributed by atoms with Crippen molar-refractivity contribution in [1.29, 1.82) is 0 Å². The lowest BCUT2D eigenvalue weighted by Gasteiger charge is -1.98. The van der Waals surface area contributed by atoms with Gasteiger partial charge in [-0.3, -0.25) is 9.89 Å². The number of carbonyl (C=O) groups excluding carboxylic acids is 1. The molecule has 70 valence electrons. The number of hydrogen-bond donors (Lipinski definition) is 2. The van der Waals surface area contributed by atoms with Gasteiger partial charge in [0.1, 0.15) is 5.82 Å². The van der Waals surface area contributed by atoms with Gasteiger partial charge < -0.3 is 5.32 Å². The third kappa shape index (κ3) is 2.87. The maximum Gasteiger partial charge on any atom is 0.291 e. The van der Waals surface area contributed by atoms with Crippen LogP contribution in [-0.2, 0) is 0 Å².